The second-order valence-electron chi connectivity index (χ2n) is 4.93. The Balaban J connectivity index is 2.63. The maximum absolute atomic E-state index is 12.3. The Bertz CT molecular complexity index is 240. The van der Waals surface area contributed by atoms with Crippen LogP contribution in [0.25, 0.3) is 0 Å². The Morgan fingerprint density at radius 1 is 1.53 bits per heavy atom. The van der Waals surface area contributed by atoms with E-state index in [1.165, 1.54) is 0 Å². The highest BCUT2D eigenvalue weighted by Gasteiger charge is 2.37. The van der Waals surface area contributed by atoms with E-state index in [-0.39, 0.29) is 18.0 Å². The molecule has 1 aliphatic rings. The zero-order chi connectivity index (χ0) is 12.8. The Hall–Kier alpha value is -0.610. The first-order valence-corrected chi connectivity index (χ1v) is 6.68. The van der Waals surface area contributed by atoms with Gasteiger partial charge in [0.05, 0.1) is 25.4 Å². The molecule has 17 heavy (non-hydrogen) atoms. The van der Waals surface area contributed by atoms with Crippen molar-refractivity contribution in [2.45, 2.75) is 52.1 Å². The molecule has 1 N–H and O–H groups in total. The lowest BCUT2D eigenvalue weighted by Gasteiger charge is -2.27. The molecule has 4 nitrogen and oxygen atoms in total. The molecule has 4 heteroatoms. The first-order valence-electron chi connectivity index (χ1n) is 6.68. The number of carbonyl (C=O) groups is 1. The SMILES string of the molecule is CCCC(COC)N1CNC(C(C)CC)C1=O. The average molecular weight is 242 g/mol. The molecule has 1 heterocycles. The summed E-state index contributed by atoms with van der Waals surface area (Å²) in [7, 11) is 1.70. The van der Waals surface area contributed by atoms with Crippen LogP contribution in [0.1, 0.15) is 40.0 Å². The maximum atomic E-state index is 12.3. The van der Waals surface area contributed by atoms with E-state index in [9.17, 15) is 4.79 Å². The number of methoxy groups -OCH3 is 1. The number of amides is 1. The van der Waals surface area contributed by atoms with Gasteiger partial charge in [0.15, 0.2) is 0 Å². The van der Waals surface area contributed by atoms with E-state index in [0.717, 1.165) is 19.3 Å². The van der Waals surface area contributed by atoms with Gasteiger partial charge in [0.2, 0.25) is 5.91 Å². The molecular weight excluding hydrogens is 216 g/mol. The molecule has 1 aliphatic heterocycles. The van der Waals surface area contributed by atoms with Crippen molar-refractivity contribution in [3.63, 3.8) is 0 Å². The molecule has 0 spiro atoms. The second-order valence-corrected chi connectivity index (χ2v) is 4.93. The summed E-state index contributed by atoms with van der Waals surface area (Å²) in [4.78, 5) is 14.3. The number of nitrogens with one attached hydrogen (secondary N) is 1. The monoisotopic (exact) mass is 242 g/mol. The fourth-order valence-electron chi connectivity index (χ4n) is 2.38. The van der Waals surface area contributed by atoms with Crippen LogP contribution in [0.4, 0.5) is 0 Å². The van der Waals surface area contributed by atoms with Gasteiger partial charge in [-0.2, -0.15) is 0 Å². The van der Waals surface area contributed by atoms with Gasteiger partial charge in [-0.15, -0.1) is 0 Å². The molecule has 1 amide bonds. The van der Waals surface area contributed by atoms with Crippen LogP contribution in [0, 0.1) is 5.92 Å². The van der Waals surface area contributed by atoms with E-state index >= 15 is 0 Å². The van der Waals surface area contributed by atoms with E-state index in [0.29, 0.717) is 19.2 Å². The molecule has 0 bridgehead atoms. The van der Waals surface area contributed by atoms with Crippen LogP contribution in [0.15, 0.2) is 0 Å². The van der Waals surface area contributed by atoms with E-state index in [1.54, 1.807) is 7.11 Å². The zero-order valence-electron chi connectivity index (χ0n) is 11.5. The van der Waals surface area contributed by atoms with Crippen LogP contribution >= 0.6 is 0 Å². The van der Waals surface area contributed by atoms with Gasteiger partial charge in [0.25, 0.3) is 0 Å². The Kier molecular flexibility index (Phi) is 5.92. The number of carbonyl (C=O) groups excluding carboxylic acids is 1. The van der Waals surface area contributed by atoms with Crippen molar-refractivity contribution in [1.29, 1.82) is 0 Å². The Morgan fingerprint density at radius 3 is 2.76 bits per heavy atom. The summed E-state index contributed by atoms with van der Waals surface area (Å²) in [5, 5.41) is 3.33. The summed E-state index contributed by atoms with van der Waals surface area (Å²) >= 11 is 0. The van der Waals surface area contributed by atoms with E-state index in [2.05, 4.69) is 26.1 Å². The van der Waals surface area contributed by atoms with Crippen molar-refractivity contribution in [3.8, 4) is 0 Å². The van der Waals surface area contributed by atoms with Gasteiger partial charge in [-0.1, -0.05) is 33.6 Å². The van der Waals surface area contributed by atoms with Gasteiger partial charge in [-0.05, 0) is 12.3 Å². The minimum atomic E-state index is -0.00351. The molecule has 1 saturated heterocycles. The highest BCUT2D eigenvalue weighted by Crippen LogP contribution is 2.19. The number of nitrogens with zero attached hydrogens (tertiary/aromatic N) is 1. The topological polar surface area (TPSA) is 41.6 Å². The van der Waals surface area contributed by atoms with Gasteiger partial charge in [0.1, 0.15) is 0 Å². The molecular formula is C13H26N2O2. The third kappa shape index (κ3) is 3.42. The lowest BCUT2D eigenvalue weighted by molar-refractivity contribution is -0.132. The highest BCUT2D eigenvalue weighted by atomic mass is 16.5. The fraction of sp³-hybridized carbons (Fsp3) is 0.923. The van der Waals surface area contributed by atoms with E-state index in [4.69, 9.17) is 4.74 Å². The van der Waals surface area contributed by atoms with Crippen molar-refractivity contribution >= 4 is 5.91 Å². The molecule has 100 valence electrons. The van der Waals surface area contributed by atoms with Crippen LogP contribution in [-0.2, 0) is 9.53 Å². The summed E-state index contributed by atoms with van der Waals surface area (Å²) in [5.74, 6) is 0.646. The zero-order valence-corrected chi connectivity index (χ0v) is 11.5. The molecule has 0 aliphatic carbocycles. The maximum Gasteiger partial charge on any atom is 0.241 e. The fourth-order valence-corrected chi connectivity index (χ4v) is 2.38. The molecule has 3 atom stereocenters. The minimum Gasteiger partial charge on any atom is -0.383 e. The van der Waals surface area contributed by atoms with Gasteiger partial charge >= 0.3 is 0 Å². The van der Waals surface area contributed by atoms with Crippen molar-refractivity contribution in [2.75, 3.05) is 20.4 Å². The number of hydrogen-bond donors (Lipinski definition) is 1. The first kappa shape index (κ1) is 14.5. The van der Waals surface area contributed by atoms with Crippen LogP contribution in [0.2, 0.25) is 0 Å². The molecule has 0 aromatic carbocycles. The normalized spacial score (nSPS) is 24.1. The van der Waals surface area contributed by atoms with E-state index in [1.807, 2.05) is 4.90 Å². The number of rotatable bonds is 7. The molecule has 1 rings (SSSR count). The van der Waals surface area contributed by atoms with E-state index < -0.39 is 0 Å². The quantitative estimate of drug-likeness (QED) is 0.737. The van der Waals surface area contributed by atoms with Crippen molar-refractivity contribution in [3.05, 3.63) is 0 Å². The Morgan fingerprint density at radius 2 is 2.24 bits per heavy atom. The van der Waals surface area contributed by atoms with Gasteiger partial charge in [-0.3, -0.25) is 10.1 Å². The summed E-state index contributed by atoms with van der Waals surface area (Å²) < 4.78 is 5.22. The Labute approximate surface area is 105 Å². The first-order chi connectivity index (χ1) is 8.15. The van der Waals surface area contributed by atoms with Gasteiger partial charge in [0, 0.05) is 7.11 Å². The molecule has 0 saturated carbocycles. The highest BCUT2D eigenvalue weighted by molar-refractivity contribution is 5.84. The summed E-state index contributed by atoms with van der Waals surface area (Å²) in [6.45, 7) is 7.70. The number of ether oxygens (including phenoxy) is 1. The molecule has 1 fully saturated rings. The largest absolute Gasteiger partial charge is 0.383 e. The van der Waals surface area contributed by atoms with Crippen molar-refractivity contribution in [2.24, 2.45) is 5.92 Å². The predicted octanol–water partition coefficient (Wildman–Crippen LogP) is 1.61. The van der Waals surface area contributed by atoms with Crippen LogP contribution in [-0.4, -0.2) is 43.3 Å². The van der Waals surface area contributed by atoms with Gasteiger partial charge < -0.3 is 9.64 Å². The summed E-state index contributed by atoms with van der Waals surface area (Å²) in [6.07, 6.45) is 3.11. The van der Waals surface area contributed by atoms with Crippen molar-refractivity contribution < 1.29 is 9.53 Å². The lowest BCUT2D eigenvalue weighted by atomic mass is 9.99. The number of hydrogen-bond acceptors (Lipinski definition) is 3. The lowest BCUT2D eigenvalue weighted by Crippen LogP contribution is -2.42. The second kappa shape index (κ2) is 6.97. The average Bonchev–Trinajstić information content (AvgIpc) is 2.70. The summed E-state index contributed by atoms with van der Waals surface area (Å²) in [5.41, 5.74) is 0. The molecule has 0 radical (unpaired) electrons. The standard InChI is InChI=1S/C13H26N2O2/c1-5-7-11(8-17-4)15-9-14-12(13(15)16)10(3)6-2/h10-12,14H,5-9H2,1-4H3. The van der Waals surface area contributed by atoms with Gasteiger partial charge in [-0.25, -0.2) is 0 Å². The molecule has 3 unspecified atom stereocenters. The van der Waals surface area contributed by atoms with Crippen molar-refractivity contribution in [1.82, 2.24) is 10.2 Å². The minimum absolute atomic E-state index is 0.00351. The van der Waals surface area contributed by atoms with Crippen LogP contribution in [0.5, 0.6) is 0 Å². The van der Waals surface area contributed by atoms with Crippen LogP contribution < -0.4 is 5.32 Å². The third-order valence-corrected chi connectivity index (χ3v) is 3.67. The molecule has 0 aromatic rings. The third-order valence-electron chi connectivity index (χ3n) is 3.67. The smallest absolute Gasteiger partial charge is 0.241 e. The predicted molar refractivity (Wildman–Crippen MR) is 68.7 cm³/mol. The summed E-state index contributed by atoms with van der Waals surface area (Å²) in [6, 6.07) is 0.218. The van der Waals surface area contributed by atoms with Crippen LogP contribution in [0.3, 0.4) is 0 Å². The molecule has 0 aromatic heterocycles.